The Bertz CT molecular complexity index is 335. The average Bonchev–Trinajstić information content (AvgIpc) is 2.36. The Morgan fingerprint density at radius 3 is 2.59 bits per heavy atom. The van der Waals surface area contributed by atoms with Crippen LogP contribution in [-0.2, 0) is 16.1 Å². The van der Waals surface area contributed by atoms with Gasteiger partial charge in [0.15, 0.2) is 0 Å². The number of hydrogen-bond donors (Lipinski definition) is 0. The predicted octanol–water partition coefficient (Wildman–Crippen LogP) is 3.30. The van der Waals surface area contributed by atoms with E-state index in [-0.39, 0.29) is 5.97 Å². The van der Waals surface area contributed by atoms with Gasteiger partial charge in [-0.2, -0.15) is 0 Å². The molecule has 0 radical (unpaired) electrons. The SMILES string of the molecule is CCOc1ccc(COC(=O)CCCBr)cc1. The van der Waals surface area contributed by atoms with Crippen molar-refractivity contribution in [3.63, 3.8) is 0 Å². The van der Waals surface area contributed by atoms with Crippen LogP contribution in [0.2, 0.25) is 0 Å². The van der Waals surface area contributed by atoms with Crippen LogP contribution in [-0.4, -0.2) is 17.9 Å². The Morgan fingerprint density at radius 1 is 1.29 bits per heavy atom. The minimum atomic E-state index is -0.154. The second-order valence-electron chi connectivity index (χ2n) is 3.53. The molecule has 1 rings (SSSR count). The van der Waals surface area contributed by atoms with E-state index in [0.29, 0.717) is 19.6 Å². The molecule has 0 saturated heterocycles. The van der Waals surface area contributed by atoms with Gasteiger partial charge in [0.25, 0.3) is 0 Å². The molecule has 1 aromatic carbocycles. The van der Waals surface area contributed by atoms with Crippen molar-refractivity contribution < 1.29 is 14.3 Å². The van der Waals surface area contributed by atoms with Crippen molar-refractivity contribution >= 4 is 21.9 Å². The molecule has 0 amide bonds. The maximum absolute atomic E-state index is 11.3. The highest BCUT2D eigenvalue weighted by atomic mass is 79.9. The standard InChI is InChI=1S/C13H17BrO3/c1-2-16-12-7-5-11(6-8-12)10-17-13(15)4-3-9-14/h5-8H,2-4,9-10H2,1H3. The van der Waals surface area contributed by atoms with Crippen molar-refractivity contribution in [1.29, 1.82) is 0 Å². The summed E-state index contributed by atoms with van der Waals surface area (Å²) in [5.41, 5.74) is 0.973. The van der Waals surface area contributed by atoms with Crippen LogP contribution in [0, 0.1) is 0 Å². The third kappa shape index (κ3) is 5.73. The average molecular weight is 301 g/mol. The van der Waals surface area contributed by atoms with Gasteiger partial charge in [0.2, 0.25) is 0 Å². The summed E-state index contributed by atoms with van der Waals surface area (Å²) in [5.74, 6) is 0.681. The molecule has 17 heavy (non-hydrogen) atoms. The van der Waals surface area contributed by atoms with Gasteiger partial charge < -0.3 is 9.47 Å². The van der Waals surface area contributed by atoms with Crippen LogP contribution in [0.1, 0.15) is 25.3 Å². The fourth-order valence-electron chi connectivity index (χ4n) is 1.30. The second-order valence-corrected chi connectivity index (χ2v) is 4.32. The summed E-state index contributed by atoms with van der Waals surface area (Å²) >= 11 is 3.27. The summed E-state index contributed by atoms with van der Waals surface area (Å²) in [5, 5.41) is 0.825. The van der Waals surface area contributed by atoms with Crippen LogP contribution in [0.5, 0.6) is 5.75 Å². The Balaban J connectivity index is 2.34. The van der Waals surface area contributed by atoms with E-state index in [1.54, 1.807) is 0 Å². The molecule has 0 N–H and O–H groups in total. The highest BCUT2D eigenvalue weighted by Crippen LogP contribution is 2.13. The topological polar surface area (TPSA) is 35.5 Å². The zero-order valence-electron chi connectivity index (χ0n) is 9.95. The first-order valence-corrected chi connectivity index (χ1v) is 6.81. The van der Waals surface area contributed by atoms with Crippen LogP contribution >= 0.6 is 15.9 Å². The number of carbonyl (C=O) groups excluding carboxylic acids is 1. The molecule has 0 aliphatic heterocycles. The van der Waals surface area contributed by atoms with Crippen molar-refractivity contribution in [3.05, 3.63) is 29.8 Å². The molecule has 0 aliphatic carbocycles. The Labute approximate surface area is 110 Å². The van der Waals surface area contributed by atoms with Gasteiger partial charge in [0.1, 0.15) is 12.4 Å². The maximum Gasteiger partial charge on any atom is 0.306 e. The van der Waals surface area contributed by atoms with E-state index in [2.05, 4.69) is 15.9 Å². The Morgan fingerprint density at radius 2 is 2.00 bits per heavy atom. The second kappa shape index (κ2) is 8.12. The molecule has 0 spiro atoms. The monoisotopic (exact) mass is 300 g/mol. The van der Waals surface area contributed by atoms with Crippen molar-refractivity contribution in [3.8, 4) is 5.75 Å². The van der Waals surface area contributed by atoms with Gasteiger partial charge in [-0.05, 0) is 31.0 Å². The summed E-state index contributed by atoms with van der Waals surface area (Å²) < 4.78 is 10.5. The highest BCUT2D eigenvalue weighted by Gasteiger charge is 2.02. The van der Waals surface area contributed by atoms with Gasteiger partial charge in [-0.15, -0.1) is 0 Å². The van der Waals surface area contributed by atoms with Crippen LogP contribution in [0.15, 0.2) is 24.3 Å². The lowest BCUT2D eigenvalue weighted by atomic mass is 10.2. The molecule has 3 nitrogen and oxygen atoms in total. The minimum Gasteiger partial charge on any atom is -0.494 e. The van der Waals surface area contributed by atoms with E-state index >= 15 is 0 Å². The number of carbonyl (C=O) groups is 1. The number of esters is 1. The molecule has 0 unspecified atom stereocenters. The zero-order chi connectivity index (χ0) is 12.5. The fourth-order valence-corrected chi connectivity index (χ4v) is 1.58. The van der Waals surface area contributed by atoms with E-state index in [1.807, 2.05) is 31.2 Å². The van der Waals surface area contributed by atoms with E-state index in [1.165, 1.54) is 0 Å². The van der Waals surface area contributed by atoms with Crippen LogP contribution in [0.3, 0.4) is 0 Å². The summed E-state index contributed by atoms with van der Waals surface area (Å²) in [6.45, 7) is 2.92. The molecule has 0 bridgehead atoms. The zero-order valence-corrected chi connectivity index (χ0v) is 11.5. The molecule has 0 aromatic heterocycles. The lowest BCUT2D eigenvalue weighted by molar-refractivity contribution is -0.144. The van der Waals surface area contributed by atoms with Gasteiger partial charge in [-0.3, -0.25) is 4.79 Å². The van der Waals surface area contributed by atoms with Gasteiger partial charge in [0, 0.05) is 11.8 Å². The number of hydrogen-bond acceptors (Lipinski definition) is 3. The number of benzene rings is 1. The molecule has 0 atom stereocenters. The highest BCUT2D eigenvalue weighted by molar-refractivity contribution is 9.09. The molecule has 0 fully saturated rings. The lowest BCUT2D eigenvalue weighted by Crippen LogP contribution is -2.04. The number of halogens is 1. The van der Waals surface area contributed by atoms with Crippen LogP contribution in [0.25, 0.3) is 0 Å². The molecule has 0 aliphatic rings. The van der Waals surface area contributed by atoms with Crippen molar-refractivity contribution in [1.82, 2.24) is 0 Å². The van der Waals surface area contributed by atoms with Crippen molar-refractivity contribution in [2.75, 3.05) is 11.9 Å². The van der Waals surface area contributed by atoms with E-state index < -0.39 is 0 Å². The number of rotatable bonds is 7. The molecule has 4 heteroatoms. The van der Waals surface area contributed by atoms with Gasteiger partial charge in [-0.25, -0.2) is 0 Å². The van der Waals surface area contributed by atoms with E-state index in [4.69, 9.17) is 9.47 Å². The first kappa shape index (κ1) is 14.0. The first-order chi connectivity index (χ1) is 8.26. The van der Waals surface area contributed by atoms with Crippen LogP contribution in [0.4, 0.5) is 0 Å². The molecule has 0 heterocycles. The van der Waals surface area contributed by atoms with Crippen molar-refractivity contribution in [2.24, 2.45) is 0 Å². The largest absolute Gasteiger partial charge is 0.494 e. The van der Waals surface area contributed by atoms with Crippen LogP contribution < -0.4 is 4.74 Å². The van der Waals surface area contributed by atoms with E-state index in [9.17, 15) is 4.79 Å². The van der Waals surface area contributed by atoms with Gasteiger partial charge >= 0.3 is 5.97 Å². The van der Waals surface area contributed by atoms with Gasteiger partial charge in [0.05, 0.1) is 6.61 Å². The minimum absolute atomic E-state index is 0.154. The maximum atomic E-state index is 11.3. The summed E-state index contributed by atoms with van der Waals surface area (Å²) in [6.07, 6.45) is 1.27. The first-order valence-electron chi connectivity index (χ1n) is 5.69. The molecule has 94 valence electrons. The lowest BCUT2D eigenvalue weighted by Gasteiger charge is -2.06. The molecule has 0 saturated carbocycles. The number of alkyl halides is 1. The van der Waals surface area contributed by atoms with E-state index in [0.717, 1.165) is 23.1 Å². The molecular weight excluding hydrogens is 284 g/mol. The summed E-state index contributed by atoms with van der Waals surface area (Å²) in [4.78, 5) is 11.3. The summed E-state index contributed by atoms with van der Waals surface area (Å²) in [6, 6.07) is 7.57. The quantitative estimate of drug-likeness (QED) is 0.572. The normalized spacial score (nSPS) is 10.0. The smallest absolute Gasteiger partial charge is 0.306 e. The number of ether oxygens (including phenoxy) is 2. The Kier molecular flexibility index (Phi) is 6.70. The fraction of sp³-hybridized carbons (Fsp3) is 0.462. The molecular formula is C13H17BrO3. The summed E-state index contributed by atoms with van der Waals surface area (Å²) in [7, 11) is 0. The third-order valence-corrected chi connectivity index (χ3v) is 2.71. The Hall–Kier alpha value is -1.03. The predicted molar refractivity (Wildman–Crippen MR) is 70.4 cm³/mol. The van der Waals surface area contributed by atoms with Gasteiger partial charge in [-0.1, -0.05) is 28.1 Å². The third-order valence-electron chi connectivity index (χ3n) is 2.15. The molecule has 1 aromatic rings. The van der Waals surface area contributed by atoms with Crippen molar-refractivity contribution in [2.45, 2.75) is 26.4 Å².